The van der Waals surface area contributed by atoms with Crippen molar-refractivity contribution in [2.24, 2.45) is 10.7 Å². The van der Waals surface area contributed by atoms with Gasteiger partial charge in [0.1, 0.15) is 0 Å². The highest BCUT2D eigenvalue weighted by Gasteiger charge is 2.13. The van der Waals surface area contributed by atoms with E-state index in [0.717, 1.165) is 17.8 Å². The molecule has 1 aliphatic rings. The molecule has 1 aromatic carbocycles. The number of para-hydroxylation sites is 1. The highest BCUT2D eigenvalue weighted by atomic mass is 16.1. The van der Waals surface area contributed by atoms with Crippen LogP contribution in [0.25, 0.3) is 0 Å². The molecule has 0 aromatic heterocycles. The topological polar surface area (TPSA) is 55.5 Å². The maximum absolute atomic E-state index is 10.6. The standard InChI is InChI=1S/C11H12N2O/c12-11(14)6-5-9-7-8-3-1-2-4-10(8)13-9/h1-4H,5-7H2,(H2,12,14). The normalized spacial score (nSPS) is 13.6. The first-order valence-electron chi connectivity index (χ1n) is 4.68. The lowest BCUT2D eigenvalue weighted by Gasteiger charge is -1.96. The van der Waals surface area contributed by atoms with E-state index in [1.54, 1.807) is 0 Å². The lowest BCUT2D eigenvalue weighted by molar-refractivity contribution is -0.117. The van der Waals surface area contributed by atoms with Gasteiger partial charge in [-0.25, -0.2) is 0 Å². The van der Waals surface area contributed by atoms with Gasteiger partial charge in [-0.2, -0.15) is 0 Å². The summed E-state index contributed by atoms with van der Waals surface area (Å²) in [5, 5.41) is 0. The van der Waals surface area contributed by atoms with Crippen LogP contribution in [0.3, 0.4) is 0 Å². The Kier molecular flexibility index (Phi) is 2.31. The predicted molar refractivity (Wildman–Crippen MR) is 55.7 cm³/mol. The van der Waals surface area contributed by atoms with Gasteiger partial charge in [-0.05, 0) is 18.1 Å². The summed E-state index contributed by atoms with van der Waals surface area (Å²) in [6, 6.07) is 8.04. The second-order valence-corrected chi connectivity index (χ2v) is 3.45. The fourth-order valence-electron chi connectivity index (χ4n) is 1.61. The average molecular weight is 188 g/mol. The van der Waals surface area contributed by atoms with Crippen LogP contribution in [-0.4, -0.2) is 11.6 Å². The van der Waals surface area contributed by atoms with Gasteiger partial charge in [0.15, 0.2) is 0 Å². The number of amides is 1. The van der Waals surface area contributed by atoms with Crippen LogP contribution in [0, 0.1) is 0 Å². The lowest BCUT2D eigenvalue weighted by atomic mass is 10.1. The second kappa shape index (κ2) is 3.62. The fourth-order valence-corrected chi connectivity index (χ4v) is 1.61. The molecule has 0 saturated carbocycles. The Morgan fingerprint density at radius 3 is 2.93 bits per heavy atom. The lowest BCUT2D eigenvalue weighted by Crippen LogP contribution is -2.12. The van der Waals surface area contributed by atoms with Gasteiger partial charge in [0.05, 0.1) is 5.69 Å². The Morgan fingerprint density at radius 2 is 2.21 bits per heavy atom. The Hall–Kier alpha value is -1.64. The summed E-state index contributed by atoms with van der Waals surface area (Å²) in [6.45, 7) is 0. The first-order chi connectivity index (χ1) is 6.75. The number of aliphatic imine (C=N–C) groups is 1. The number of benzene rings is 1. The predicted octanol–water partition coefficient (Wildman–Crippen LogP) is 1.58. The third-order valence-corrected chi connectivity index (χ3v) is 2.32. The van der Waals surface area contributed by atoms with Crippen molar-refractivity contribution in [1.29, 1.82) is 0 Å². The first kappa shape index (κ1) is 8.94. The molecule has 1 aromatic rings. The van der Waals surface area contributed by atoms with Gasteiger partial charge < -0.3 is 5.73 Å². The molecule has 3 nitrogen and oxygen atoms in total. The molecule has 14 heavy (non-hydrogen) atoms. The zero-order chi connectivity index (χ0) is 9.97. The zero-order valence-corrected chi connectivity index (χ0v) is 7.86. The third-order valence-electron chi connectivity index (χ3n) is 2.32. The fraction of sp³-hybridized carbons (Fsp3) is 0.273. The van der Waals surface area contributed by atoms with Crippen molar-refractivity contribution in [2.75, 3.05) is 0 Å². The monoisotopic (exact) mass is 188 g/mol. The van der Waals surface area contributed by atoms with Gasteiger partial charge in [0, 0.05) is 18.6 Å². The van der Waals surface area contributed by atoms with Crippen molar-refractivity contribution in [1.82, 2.24) is 0 Å². The Balaban J connectivity index is 2.05. The molecule has 72 valence electrons. The van der Waals surface area contributed by atoms with E-state index in [1.165, 1.54) is 5.56 Å². The molecule has 1 heterocycles. The molecule has 0 saturated heterocycles. The van der Waals surface area contributed by atoms with Crippen LogP contribution in [0.4, 0.5) is 5.69 Å². The van der Waals surface area contributed by atoms with Crippen LogP contribution in [0.5, 0.6) is 0 Å². The van der Waals surface area contributed by atoms with Crippen LogP contribution in [0.1, 0.15) is 18.4 Å². The van der Waals surface area contributed by atoms with E-state index in [-0.39, 0.29) is 5.91 Å². The minimum atomic E-state index is -0.261. The smallest absolute Gasteiger partial charge is 0.217 e. The molecule has 0 spiro atoms. The largest absolute Gasteiger partial charge is 0.370 e. The molecule has 1 aliphatic heterocycles. The summed E-state index contributed by atoms with van der Waals surface area (Å²) in [7, 11) is 0. The van der Waals surface area contributed by atoms with E-state index in [9.17, 15) is 4.79 Å². The molecule has 2 N–H and O–H groups in total. The first-order valence-corrected chi connectivity index (χ1v) is 4.68. The van der Waals surface area contributed by atoms with Gasteiger partial charge in [-0.15, -0.1) is 0 Å². The van der Waals surface area contributed by atoms with Gasteiger partial charge in [-0.1, -0.05) is 18.2 Å². The molecular weight excluding hydrogens is 176 g/mol. The summed E-state index contributed by atoms with van der Waals surface area (Å²) in [5.41, 5.74) is 8.42. The maximum Gasteiger partial charge on any atom is 0.217 e. The summed E-state index contributed by atoms with van der Waals surface area (Å²) < 4.78 is 0. The number of nitrogens with two attached hydrogens (primary N) is 1. The summed E-state index contributed by atoms with van der Waals surface area (Å²) in [4.78, 5) is 15.0. The number of primary amides is 1. The number of nitrogens with zero attached hydrogens (tertiary/aromatic N) is 1. The number of hydrogen-bond acceptors (Lipinski definition) is 2. The highest BCUT2D eigenvalue weighted by molar-refractivity contribution is 5.95. The number of rotatable bonds is 3. The van der Waals surface area contributed by atoms with Crippen molar-refractivity contribution < 1.29 is 4.79 Å². The summed E-state index contributed by atoms with van der Waals surface area (Å²) in [6.07, 6.45) is 1.94. The van der Waals surface area contributed by atoms with E-state index in [1.807, 2.05) is 18.2 Å². The van der Waals surface area contributed by atoms with Crippen molar-refractivity contribution in [3.8, 4) is 0 Å². The molecule has 0 bridgehead atoms. The van der Waals surface area contributed by atoms with Crippen LogP contribution >= 0.6 is 0 Å². The molecule has 0 aliphatic carbocycles. The molecule has 1 amide bonds. The van der Waals surface area contributed by atoms with Crippen molar-refractivity contribution in [3.05, 3.63) is 29.8 Å². The molecule has 2 rings (SSSR count). The molecular formula is C11H12N2O. The Morgan fingerprint density at radius 1 is 1.43 bits per heavy atom. The van der Waals surface area contributed by atoms with E-state index < -0.39 is 0 Å². The maximum atomic E-state index is 10.6. The second-order valence-electron chi connectivity index (χ2n) is 3.45. The SMILES string of the molecule is NC(=O)CCC1=Nc2ccccc2C1. The summed E-state index contributed by atoms with van der Waals surface area (Å²) in [5.74, 6) is -0.261. The van der Waals surface area contributed by atoms with E-state index in [2.05, 4.69) is 11.1 Å². The third kappa shape index (κ3) is 1.82. The Labute approximate surface area is 82.6 Å². The minimum Gasteiger partial charge on any atom is -0.370 e. The molecule has 0 atom stereocenters. The highest BCUT2D eigenvalue weighted by Crippen LogP contribution is 2.26. The average Bonchev–Trinajstić information content (AvgIpc) is 2.57. The van der Waals surface area contributed by atoms with E-state index in [4.69, 9.17) is 5.73 Å². The molecule has 0 fully saturated rings. The number of fused-ring (bicyclic) bond motifs is 1. The minimum absolute atomic E-state index is 0.261. The Bertz CT molecular complexity index is 396. The zero-order valence-electron chi connectivity index (χ0n) is 7.86. The number of carbonyl (C=O) groups is 1. The quantitative estimate of drug-likeness (QED) is 0.769. The van der Waals surface area contributed by atoms with E-state index in [0.29, 0.717) is 12.8 Å². The van der Waals surface area contributed by atoms with Gasteiger partial charge >= 0.3 is 0 Å². The van der Waals surface area contributed by atoms with Crippen molar-refractivity contribution in [3.63, 3.8) is 0 Å². The van der Waals surface area contributed by atoms with Crippen molar-refractivity contribution in [2.45, 2.75) is 19.3 Å². The summed E-state index contributed by atoms with van der Waals surface area (Å²) >= 11 is 0. The molecule has 0 unspecified atom stereocenters. The molecule has 0 radical (unpaired) electrons. The number of hydrogen-bond donors (Lipinski definition) is 1. The van der Waals surface area contributed by atoms with Crippen molar-refractivity contribution >= 4 is 17.3 Å². The molecule has 3 heteroatoms. The van der Waals surface area contributed by atoms with Crippen LogP contribution in [0.2, 0.25) is 0 Å². The van der Waals surface area contributed by atoms with Gasteiger partial charge in [-0.3, -0.25) is 9.79 Å². The van der Waals surface area contributed by atoms with Crippen LogP contribution < -0.4 is 5.73 Å². The van der Waals surface area contributed by atoms with Crippen LogP contribution in [0.15, 0.2) is 29.3 Å². The van der Waals surface area contributed by atoms with Crippen LogP contribution in [-0.2, 0) is 11.2 Å². The van der Waals surface area contributed by atoms with Gasteiger partial charge in [0.25, 0.3) is 0 Å². The number of carbonyl (C=O) groups excluding carboxylic acids is 1. The van der Waals surface area contributed by atoms with E-state index >= 15 is 0 Å². The van der Waals surface area contributed by atoms with Gasteiger partial charge in [0.2, 0.25) is 5.91 Å².